The van der Waals surface area contributed by atoms with Crippen LogP contribution in [0.15, 0.2) is 24.3 Å². The number of carbonyl (C=O) groups is 2. The summed E-state index contributed by atoms with van der Waals surface area (Å²) in [5, 5.41) is 13.2. The van der Waals surface area contributed by atoms with Crippen molar-refractivity contribution in [2.24, 2.45) is 0 Å². The lowest BCUT2D eigenvalue weighted by Crippen LogP contribution is -2.30. The number of nitrogens with zero attached hydrogens (tertiary/aromatic N) is 2. The van der Waals surface area contributed by atoms with Crippen molar-refractivity contribution < 1.29 is 14.3 Å². The van der Waals surface area contributed by atoms with Gasteiger partial charge in [-0.25, -0.2) is 0 Å². The number of nitriles is 1. The molecule has 0 unspecified atom stereocenters. The second-order valence-electron chi connectivity index (χ2n) is 7.77. The maximum atomic E-state index is 12.7. The van der Waals surface area contributed by atoms with Gasteiger partial charge >= 0.3 is 0 Å². The van der Waals surface area contributed by atoms with Crippen LogP contribution in [0.3, 0.4) is 0 Å². The highest BCUT2D eigenvalue weighted by molar-refractivity contribution is 7.16. The number of amides is 2. The van der Waals surface area contributed by atoms with E-state index in [-0.39, 0.29) is 11.8 Å². The second-order valence-corrected chi connectivity index (χ2v) is 8.88. The quantitative estimate of drug-likeness (QED) is 0.722. The van der Waals surface area contributed by atoms with Crippen molar-refractivity contribution in [2.75, 3.05) is 16.8 Å². The van der Waals surface area contributed by atoms with Crippen LogP contribution in [0.4, 0.5) is 10.7 Å². The zero-order valence-electron chi connectivity index (χ0n) is 17.1. The van der Waals surface area contributed by atoms with Crippen LogP contribution in [-0.2, 0) is 22.4 Å². The molecule has 0 bridgehead atoms. The fourth-order valence-electron chi connectivity index (χ4n) is 4.05. The Morgan fingerprint density at radius 2 is 1.93 bits per heavy atom. The molecular formula is C23H25N3O3S. The first-order valence-corrected chi connectivity index (χ1v) is 11.3. The Morgan fingerprint density at radius 1 is 1.17 bits per heavy atom. The molecule has 2 heterocycles. The molecule has 1 saturated heterocycles. The molecule has 1 aliphatic carbocycles. The molecule has 1 atom stereocenters. The summed E-state index contributed by atoms with van der Waals surface area (Å²) in [5.74, 6) is 0.427. The third-order valence-electron chi connectivity index (χ3n) is 5.67. The Labute approximate surface area is 180 Å². The minimum atomic E-state index is -0.710. The van der Waals surface area contributed by atoms with Gasteiger partial charge in [-0.15, -0.1) is 11.3 Å². The van der Waals surface area contributed by atoms with Gasteiger partial charge < -0.3 is 15.0 Å². The molecule has 1 N–H and O–H groups in total. The number of hydrogen-bond acceptors (Lipinski definition) is 5. The molecule has 1 aromatic heterocycles. The van der Waals surface area contributed by atoms with Gasteiger partial charge in [-0.3, -0.25) is 9.59 Å². The Bertz CT molecular complexity index is 990. The summed E-state index contributed by atoms with van der Waals surface area (Å²) >= 11 is 1.52. The number of rotatable bonds is 5. The van der Waals surface area contributed by atoms with Crippen molar-refractivity contribution in [3.05, 3.63) is 40.3 Å². The van der Waals surface area contributed by atoms with Crippen LogP contribution in [0.25, 0.3) is 0 Å². The van der Waals surface area contributed by atoms with Gasteiger partial charge in [-0.1, -0.05) is 6.42 Å². The minimum Gasteiger partial charge on any atom is -0.481 e. The molecular weight excluding hydrogens is 398 g/mol. The maximum absolute atomic E-state index is 12.7. The number of benzene rings is 1. The van der Waals surface area contributed by atoms with Crippen LogP contribution < -0.4 is 15.0 Å². The number of thiophene rings is 1. The fourth-order valence-corrected chi connectivity index (χ4v) is 5.29. The molecule has 156 valence electrons. The molecule has 1 aliphatic heterocycles. The molecule has 1 aromatic carbocycles. The zero-order chi connectivity index (χ0) is 21.1. The Morgan fingerprint density at radius 3 is 2.63 bits per heavy atom. The third-order valence-corrected chi connectivity index (χ3v) is 6.88. The minimum absolute atomic E-state index is 0.138. The van der Waals surface area contributed by atoms with Crippen LogP contribution in [0.1, 0.15) is 55.0 Å². The molecule has 0 spiro atoms. The molecule has 0 saturated carbocycles. The first-order chi connectivity index (χ1) is 14.6. The van der Waals surface area contributed by atoms with Crippen molar-refractivity contribution in [3.63, 3.8) is 0 Å². The summed E-state index contributed by atoms with van der Waals surface area (Å²) in [4.78, 5) is 27.5. The highest BCUT2D eigenvalue weighted by Crippen LogP contribution is 2.37. The van der Waals surface area contributed by atoms with E-state index < -0.39 is 6.10 Å². The van der Waals surface area contributed by atoms with E-state index in [1.54, 1.807) is 24.0 Å². The number of carbonyl (C=O) groups excluding carboxylic acids is 2. The summed E-state index contributed by atoms with van der Waals surface area (Å²) in [6.07, 6.45) is 6.04. The number of aryl methyl sites for hydroxylation is 1. The fraction of sp³-hybridized carbons (Fsp3) is 0.435. The molecule has 30 heavy (non-hydrogen) atoms. The standard InChI is InChI=1S/C23H25N3O3S/c1-15(29-17-11-9-16(10-12-17)26-13-5-8-21(26)27)22(28)25-23-19(14-24)18-6-3-2-4-7-20(18)30-23/h9-12,15H,2-8,13H2,1H3,(H,25,28)/t15-/m1/s1. The van der Waals surface area contributed by atoms with Gasteiger partial charge in [0, 0.05) is 23.5 Å². The van der Waals surface area contributed by atoms with Crippen molar-refractivity contribution >= 4 is 33.8 Å². The summed E-state index contributed by atoms with van der Waals surface area (Å²) in [5.41, 5.74) is 2.56. The lowest BCUT2D eigenvalue weighted by Gasteiger charge is -2.17. The van der Waals surface area contributed by atoms with Crippen molar-refractivity contribution in [1.29, 1.82) is 5.26 Å². The molecule has 4 rings (SSSR count). The molecule has 2 amide bonds. The lowest BCUT2D eigenvalue weighted by atomic mass is 10.1. The highest BCUT2D eigenvalue weighted by Gasteiger charge is 2.24. The topological polar surface area (TPSA) is 82.4 Å². The number of hydrogen-bond donors (Lipinski definition) is 1. The predicted octanol–water partition coefficient (Wildman–Crippen LogP) is 4.42. The van der Waals surface area contributed by atoms with Gasteiger partial charge in [-0.2, -0.15) is 5.26 Å². The van der Waals surface area contributed by atoms with E-state index in [9.17, 15) is 14.9 Å². The maximum Gasteiger partial charge on any atom is 0.265 e. The van der Waals surface area contributed by atoms with Crippen LogP contribution in [-0.4, -0.2) is 24.5 Å². The summed E-state index contributed by atoms with van der Waals surface area (Å²) in [7, 11) is 0. The SMILES string of the molecule is C[C@@H](Oc1ccc(N2CCCC2=O)cc1)C(=O)Nc1sc2c(c1C#N)CCCCC2. The second kappa shape index (κ2) is 8.88. The van der Waals surface area contributed by atoms with Crippen molar-refractivity contribution in [1.82, 2.24) is 0 Å². The molecule has 7 heteroatoms. The molecule has 0 radical (unpaired) electrons. The summed E-state index contributed by atoms with van der Waals surface area (Å²) in [6.45, 7) is 2.43. The average molecular weight is 424 g/mol. The van der Waals surface area contributed by atoms with E-state index in [0.717, 1.165) is 49.9 Å². The Hall–Kier alpha value is -2.85. The first-order valence-electron chi connectivity index (χ1n) is 10.5. The van der Waals surface area contributed by atoms with Gasteiger partial charge in [0.2, 0.25) is 5.91 Å². The van der Waals surface area contributed by atoms with Crippen LogP contribution in [0.2, 0.25) is 0 Å². The van der Waals surface area contributed by atoms with Gasteiger partial charge in [-0.05, 0) is 68.9 Å². The number of fused-ring (bicyclic) bond motifs is 1. The smallest absolute Gasteiger partial charge is 0.265 e. The van der Waals surface area contributed by atoms with E-state index in [2.05, 4.69) is 11.4 Å². The zero-order valence-corrected chi connectivity index (χ0v) is 17.9. The largest absolute Gasteiger partial charge is 0.481 e. The summed E-state index contributed by atoms with van der Waals surface area (Å²) in [6, 6.07) is 9.52. The molecule has 1 fully saturated rings. The number of anilines is 2. The van der Waals surface area contributed by atoms with Crippen LogP contribution in [0, 0.1) is 11.3 Å². The average Bonchev–Trinajstić information content (AvgIpc) is 3.23. The molecule has 6 nitrogen and oxygen atoms in total. The summed E-state index contributed by atoms with van der Waals surface area (Å²) < 4.78 is 5.79. The van der Waals surface area contributed by atoms with Crippen molar-refractivity contribution in [3.8, 4) is 11.8 Å². The van der Waals surface area contributed by atoms with E-state index in [4.69, 9.17) is 4.74 Å². The molecule has 2 aromatic rings. The van der Waals surface area contributed by atoms with Crippen molar-refractivity contribution in [2.45, 2.75) is 58.0 Å². The van der Waals surface area contributed by atoms with E-state index in [0.29, 0.717) is 22.7 Å². The number of nitrogens with one attached hydrogen (secondary N) is 1. The van der Waals surface area contributed by atoms with E-state index in [1.165, 1.54) is 22.6 Å². The highest BCUT2D eigenvalue weighted by atomic mass is 32.1. The first kappa shape index (κ1) is 20.4. The van der Waals surface area contributed by atoms with Gasteiger partial charge in [0.15, 0.2) is 6.10 Å². The predicted molar refractivity (Wildman–Crippen MR) is 117 cm³/mol. The van der Waals surface area contributed by atoms with Gasteiger partial charge in [0.05, 0.1) is 5.56 Å². The Kier molecular flexibility index (Phi) is 6.05. The third kappa shape index (κ3) is 4.19. The van der Waals surface area contributed by atoms with E-state index in [1.807, 2.05) is 12.1 Å². The van der Waals surface area contributed by atoms with Crippen LogP contribution in [0.5, 0.6) is 5.75 Å². The van der Waals surface area contributed by atoms with Crippen LogP contribution >= 0.6 is 11.3 Å². The number of ether oxygens (including phenoxy) is 1. The van der Waals surface area contributed by atoms with E-state index >= 15 is 0 Å². The van der Waals surface area contributed by atoms with Gasteiger partial charge in [0.25, 0.3) is 5.91 Å². The monoisotopic (exact) mass is 423 g/mol. The Balaban J connectivity index is 1.41. The van der Waals surface area contributed by atoms with Gasteiger partial charge in [0.1, 0.15) is 16.8 Å². The normalized spacial score (nSPS) is 17.1. The molecule has 2 aliphatic rings. The lowest BCUT2D eigenvalue weighted by molar-refractivity contribution is -0.122.